The van der Waals surface area contributed by atoms with Gasteiger partial charge in [-0.3, -0.25) is 9.59 Å². The van der Waals surface area contributed by atoms with Crippen LogP contribution in [0.3, 0.4) is 0 Å². The van der Waals surface area contributed by atoms with Gasteiger partial charge in [0.1, 0.15) is 6.54 Å². The van der Waals surface area contributed by atoms with Crippen molar-refractivity contribution in [3.8, 4) is 0 Å². The van der Waals surface area contributed by atoms with E-state index in [9.17, 15) is 18.0 Å². The van der Waals surface area contributed by atoms with Gasteiger partial charge in [-0.05, 0) is 25.0 Å². The lowest BCUT2D eigenvalue weighted by Gasteiger charge is -2.34. The summed E-state index contributed by atoms with van der Waals surface area (Å²) in [6.07, 6.45) is 5.94. The van der Waals surface area contributed by atoms with Crippen LogP contribution < -0.4 is 0 Å². The minimum Gasteiger partial charge on any atom is -0.459 e. The molecule has 2 fully saturated rings. The molecule has 156 valence electrons. The van der Waals surface area contributed by atoms with E-state index in [-0.39, 0.29) is 29.1 Å². The largest absolute Gasteiger partial charge is 0.459 e. The summed E-state index contributed by atoms with van der Waals surface area (Å²) in [7, 11) is -3.59. The van der Waals surface area contributed by atoms with Crippen LogP contribution >= 0.6 is 0 Å². The molecule has 0 aromatic carbocycles. The van der Waals surface area contributed by atoms with E-state index in [0.717, 1.165) is 12.8 Å². The maximum absolute atomic E-state index is 12.6. The Hall–Kier alpha value is -2.66. The number of sulfonamides is 1. The smallest absolute Gasteiger partial charge is 0.289 e. The van der Waals surface area contributed by atoms with Crippen LogP contribution in [0.1, 0.15) is 23.4 Å². The lowest BCUT2D eigenvalue weighted by atomic mass is 10.2. The molecule has 11 heteroatoms. The standard InChI is InChI=1S/C18H23N5O5S/c24-17(21-7-9-22(10-8-21)18(25)15-4-3-11-28-15)13-20-12-16(19-14-20)29(26,27)23-5-1-2-6-23/h3-4,11-12,14H,1-2,5-10,13H2. The first-order valence-corrected chi connectivity index (χ1v) is 11.0. The van der Waals surface area contributed by atoms with Crippen LogP contribution in [0.25, 0.3) is 0 Å². The Labute approximate surface area is 168 Å². The van der Waals surface area contributed by atoms with Gasteiger partial charge in [-0.25, -0.2) is 13.4 Å². The third-order valence-electron chi connectivity index (χ3n) is 5.25. The molecule has 0 aliphatic carbocycles. The summed E-state index contributed by atoms with van der Waals surface area (Å²) >= 11 is 0. The molecule has 0 atom stereocenters. The van der Waals surface area contributed by atoms with Crippen molar-refractivity contribution in [2.45, 2.75) is 24.4 Å². The Kier molecular flexibility index (Phi) is 5.41. The molecule has 4 heterocycles. The first-order valence-electron chi connectivity index (χ1n) is 9.57. The molecule has 0 radical (unpaired) electrons. The number of nitrogens with zero attached hydrogens (tertiary/aromatic N) is 5. The van der Waals surface area contributed by atoms with Gasteiger partial charge in [0.25, 0.3) is 15.9 Å². The van der Waals surface area contributed by atoms with Gasteiger partial charge in [-0.2, -0.15) is 4.31 Å². The van der Waals surface area contributed by atoms with Crippen molar-refractivity contribution in [1.82, 2.24) is 23.7 Å². The van der Waals surface area contributed by atoms with Gasteiger partial charge in [0.05, 0.1) is 12.6 Å². The van der Waals surface area contributed by atoms with E-state index in [0.29, 0.717) is 39.3 Å². The molecule has 2 aliphatic rings. The van der Waals surface area contributed by atoms with Crippen molar-refractivity contribution >= 4 is 21.8 Å². The van der Waals surface area contributed by atoms with Gasteiger partial charge in [0, 0.05) is 45.5 Å². The number of hydrogen-bond acceptors (Lipinski definition) is 6. The number of carbonyl (C=O) groups excluding carboxylic acids is 2. The van der Waals surface area contributed by atoms with E-state index in [2.05, 4.69) is 4.98 Å². The highest BCUT2D eigenvalue weighted by Gasteiger charge is 2.30. The van der Waals surface area contributed by atoms with Crippen LogP contribution in [0.2, 0.25) is 0 Å². The second-order valence-corrected chi connectivity index (χ2v) is 9.03. The summed E-state index contributed by atoms with van der Waals surface area (Å²) in [6.45, 7) is 2.70. The van der Waals surface area contributed by atoms with E-state index in [1.54, 1.807) is 21.9 Å². The predicted octanol–water partition coefficient (Wildman–Crippen LogP) is 0.245. The van der Waals surface area contributed by atoms with Gasteiger partial charge >= 0.3 is 0 Å². The number of carbonyl (C=O) groups is 2. The zero-order chi connectivity index (χ0) is 20.4. The van der Waals surface area contributed by atoms with Crippen LogP contribution in [0.15, 0.2) is 40.4 Å². The van der Waals surface area contributed by atoms with Crippen molar-refractivity contribution in [2.75, 3.05) is 39.3 Å². The van der Waals surface area contributed by atoms with E-state index < -0.39 is 10.0 Å². The van der Waals surface area contributed by atoms with E-state index in [1.807, 2.05) is 0 Å². The van der Waals surface area contributed by atoms with Gasteiger partial charge < -0.3 is 18.8 Å². The Bertz CT molecular complexity index is 970. The molecule has 4 rings (SSSR count). The highest BCUT2D eigenvalue weighted by molar-refractivity contribution is 7.89. The summed E-state index contributed by atoms with van der Waals surface area (Å²) in [6, 6.07) is 3.28. The zero-order valence-electron chi connectivity index (χ0n) is 15.9. The van der Waals surface area contributed by atoms with Crippen LogP contribution in [0, 0.1) is 0 Å². The number of furan rings is 1. The molecule has 2 aromatic rings. The maximum atomic E-state index is 12.6. The Balaban J connectivity index is 1.32. The van der Waals surface area contributed by atoms with E-state index in [4.69, 9.17) is 4.42 Å². The Morgan fingerprint density at radius 3 is 2.38 bits per heavy atom. The van der Waals surface area contributed by atoms with Crippen molar-refractivity contribution in [2.24, 2.45) is 0 Å². The van der Waals surface area contributed by atoms with Crippen LogP contribution in [-0.4, -0.2) is 83.2 Å². The highest BCUT2D eigenvalue weighted by Crippen LogP contribution is 2.19. The van der Waals surface area contributed by atoms with E-state index >= 15 is 0 Å². The summed E-state index contributed by atoms with van der Waals surface area (Å²) in [5, 5.41) is -0.0268. The lowest BCUT2D eigenvalue weighted by molar-refractivity contribution is -0.133. The molecular formula is C18H23N5O5S. The monoisotopic (exact) mass is 421 g/mol. The fourth-order valence-corrected chi connectivity index (χ4v) is 5.04. The van der Waals surface area contributed by atoms with Crippen LogP contribution in [0.5, 0.6) is 0 Å². The fourth-order valence-electron chi connectivity index (χ4n) is 3.59. The predicted molar refractivity (Wildman–Crippen MR) is 101 cm³/mol. The normalized spacial score (nSPS) is 18.3. The molecule has 0 unspecified atom stereocenters. The molecule has 2 saturated heterocycles. The van der Waals surface area contributed by atoms with E-state index in [1.165, 1.54) is 27.7 Å². The van der Waals surface area contributed by atoms with Gasteiger partial charge in [-0.1, -0.05) is 0 Å². The third kappa shape index (κ3) is 4.06. The fraction of sp³-hybridized carbons (Fsp3) is 0.500. The summed E-state index contributed by atoms with van der Waals surface area (Å²) < 4.78 is 33.1. The van der Waals surface area contributed by atoms with Crippen molar-refractivity contribution < 1.29 is 22.4 Å². The lowest BCUT2D eigenvalue weighted by Crippen LogP contribution is -2.51. The second-order valence-electron chi connectivity index (χ2n) is 7.15. The van der Waals surface area contributed by atoms with Crippen LogP contribution in [0.4, 0.5) is 0 Å². The number of aromatic nitrogens is 2. The SMILES string of the molecule is O=C(Cn1cnc(S(=O)(=O)N2CCCC2)c1)N1CCN(C(=O)c2ccco2)CC1. The molecule has 2 aliphatic heterocycles. The molecule has 2 amide bonds. The van der Waals surface area contributed by atoms with Gasteiger partial charge in [0.2, 0.25) is 5.91 Å². The average molecular weight is 421 g/mol. The molecule has 0 bridgehead atoms. The Morgan fingerprint density at radius 1 is 1.03 bits per heavy atom. The minimum atomic E-state index is -3.59. The number of amides is 2. The zero-order valence-corrected chi connectivity index (χ0v) is 16.8. The topological polar surface area (TPSA) is 109 Å². The first-order chi connectivity index (χ1) is 13.9. The molecular weight excluding hydrogens is 398 g/mol. The minimum absolute atomic E-state index is 0.00858. The quantitative estimate of drug-likeness (QED) is 0.684. The van der Waals surface area contributed by atoms with Crippen molar-refractivity contribution in [3.05, 3.63) is 36.7 Å². The number of piperazine rings is 1. The Morgan fingerprint density at radius 2 is 1.72 bits per heavy atom. The number of rotatable bonds is 5. The van der Waals surface area contributed by atoms with Crippen LogP contribution in [-0.2, 0) is 21.4 Å². The molecule has 0 saturated carbocycles. The summed E-state index contributed by atoms with van der Waals surface area (Å²) in [5.74, 6) is -0.0407. The molecule has 0 spiro atoms. The average Bonchev–Trinajstić information content (AvgIpc) is 3.50. The maximum Gasteiger partial charge on any atom is 0.289 e. The van der Waals surface area contributed by atoms with Gasteiger partial charge in [-0.15, -0.1) is 0 Å². The van der Waals surface area contributed by atoms with Gasteiger partial charge in [0.15, 0.2) is 10.8 Å². The molecule has 2 aromatic heterocycles. The third-order valence-corrected chi connectivity index (χ3v) is 7.03. The second kappa shape index (κ2) is 7.99. The summed E-state index contributed by atoms with van der Waals surface area (Å²) in [5.41, 5.74) is 0. The highest BCUT2D eigenvalue weighted by atomic mass is 32.2. The molecule has 10 nitrogen and oxygen atoms in total. The molecule has 0 N–H and O–H groups in total. The molecule has 29 heavy (non-hydrogen) atoms. The number of imidazole rings is 1. The van der Waals surface area contributed by atoms with Crippen molar-refractivity contribution in [1.29, 1.82) is 0 Å². The summed E-state index contributed by atoms with van der Waals surface area (Å²) in [4.78, 5) is 32.2. The first kappa shape index (κ1) is 19.6. The number of hydrogen-bond donors (Lipinski definition) is 0. The van der Waals surface area contributed by atoms with Crippen molar-refractivity contribution in [3.63, 3.8) is 0 Å².